The van der Waals surface area contributed by atoms with Gasteiger partial charge >= 0.3 is 12.1 Å². The molecule has 1 aliphatic heterocycles. The number of aliphatic carboxylic acids is 1. The Morgan fingerprint density at radius 3 is 2.69 bits per heavy atom. The molecule has 1 fully saturated rings. The fourth-order valence-electron chi connectivity index (χ4n) is 4.30. The highest BCUT2D eigenvalue weighted by molar-refractivity contribution is 6.35. The number of ether oxygens (including phenoxy) is 1. The number of hydrogen-bond donors (Lipinski definition) is 2. The summed E-state index contributed by atoms with van der Waals surface area (Å²) in [5, 5.41) is 9.66. The molecule has 2 aromatic rings. The van der Waals surface area contributed by atoms with E-state index in [4.69, 9.17) is 16.3 Å². The molecular weight excluding hydrogens is 371 g/mol. The van der Waals surface area contributed by atoms with E-state index in [0.717, 1.165) is 25.3 Å². The van der Waals surface area contributed by atoms with Crippen molar-refractivity contribution >= 4 is 28.5 Å². The molecule has 2 N–H and O–H groups in total. The quantitative estimate of drug-likeness (QED) is 0.788. The number of benzene rings is 1. The predicted molar refractivity (Wildman–Crippen MR) is 89.2 cm³/mol. The normalized spacial score (nSPS) is 23.7. The van der Waals surface area contributed by atoms with E-state index in [1.54, 1.807) is 0 Å². The predicted octanol–water partition coefficient (Wildman–Crippen LogP) is 4.88. The van der Waals surface area contributed by atoms with Crippen LogP contribution in [-0.4, -0.2) is 22.7 Å². The summed E-state index contributed by atoms with van der Waals surface area (Å²) in [6.45, 7) is 0.188. The molecule has 0 saturated heterocycles. The first-order valence-corrected chi connectivity index (χ1v) is 8.88. The van der Waals surface area contributed by atoms with Gasteiger partial charge in [0, 0.05) is 5.39 Å². The maximum absolute atomic E-state index is 13.6. The standard InChI is InChI=1S/C18H17ClF3NO3/c19-12-5-4-11(18(20,21)22)14-10-6-7-26-17(8-13(24)25,9-2-1-3-9)16(10)23-15(12)14/h4-5,9,23H,1-3,6-8H2,(H,24,25). The average Bonchev–Trinajstić information content (AvgIpc) is 2.86. The summed E-state index contributed by atoms with van der Waals surface area (Å²) in [7, 11) is 0. The first kappa shape index (κ1) is 17.7. The van der Waals surface area contributed by atoms with Crippen LogP contribution in [0.3, 0.4) is 0 Å². The summed E-state index contributed by atoms with van der Waals surface area (Å²) in [4.78, 5) is 14.6. The zero-order valence-corrected chi connectivity index (χ0v) is 14.5. The molecule has 140 valence electrons. The van der Waals surface area contributed by atoms with Gasteiger partial charge in [0.2, 0.25) is 0 Å². The third-order valence-electron chi connectivity index (χ3n) is 5.63. The molecule has 1 aromatic heterocycles. The topological polar surface area (TPSA) is 62.3 Å². The van der Waals surface area contributed by atoms with Gasteiger partial charge in [0.15, 0.2) is 0 Å². The van der Waals surface area contributed by atoms with Gasteiger partial charge in [0.05, 0.1) is 34.8 Å². The Labute approximate surface area is 152 Å². The second-order valence-corrected chi connectivity index (χ2v) is 7.41. The van der Waals surface area contributed by atoms with Crippen LogP contribution in [0.4, 0.5) is 13.2 Å². The van der Waals surface area contributed by atoms with Gasteiger partial charge in [-0.05, 0) is 42.9 Å². The smallest absolute Gasteiger partial charge is 0.417 e. The van der Waals surface area contributed by atoms with Crippen molar-refractivity contribution in [2.45, 2.75) is 43.9 Å². The molecule has 0 radical (unpaired) electrons. The van der Waals surface area contributed by atoms with E-state index in [1.807, 2.05) is 0 Å². The average molecular weight is 388 g/mol. The van der Waals surface area contributed by atoms with Gasteiger partial charge in [-0.15, -0.1) is 0 Å². The molecule has 4 rings (SSSR count). The molecule has 2 aliphatic rings. The summed E-state index contributed by atoms with van der Waals surface area (Å²) in [6, 6.07) is 2.20. The van der Waals surface area contributed by atoms with Crippen LogP contribution in [0, 0.1) is 5.92 Å². The Balaban J connectivity index is 2.01. The molecule has 1 unspecified atom stereocenters. The number of hydrogen-bond acceptors (Lipinski definition) is 2. The highest BCUT2D eigenvalue weighted by atomic mass is 35.5. The summed E-state index contributed by atoms with van der Waals surface area (Å²) in [5.41, 5.74) is -0.748. The van der Waals surface area contributed by atoms with Crippen molar-refractivity contribution in [3.63, 3.8) is 0 Å². The van der Waals surface area contributed by atoms with E-state index in [2.05, 4.69) is 4.98 Å². The third-order valence-corrected chi connectivity index (χ3v) is 5.94. The molecule has 1 saturated carbocycles. The zero-order chi connectivity index (χ0) is 18.7. The van der Waals surface area contributed by atoms with Gasteiger partial charge in [-0.1, -0.05) is 18.0 Å². The van der Waals surface area contributed by atoms with Crippen molar-refractivity contribution in [1.29, 1.82) is 0 Å². The van der Waals surface area contributed by atoms with Gasteiger partial charge in [-0.25, -0.2) is 0 Å². The Bertz CT molecular complexity index is 888. The monoisotopic (exact) mass is 387 g/mol. The number of aromatic nitrogens is 1. The fourth-order valence-corrected chi connectivity index (χ4v) is 4.50. The van der Waals surface area contributed by atoms with Crippen LogP contribution in [0.25, 0.3) is 10.9 Å². The lowest BCUT2D eigenvalue weighted by Gasteiger charge is -2.46. The summed E-state index contributed by atoms with van der Waals surface area (Å²) < 4.78 is 46.6. The first-order chi connectivity index (χ1) is 12.2. The minimum atomic E-state index is -4.52. The Morgan fingerprint density at radius 2 is 2.12 bits per heavy atom. The SMILES string of the molecule is O=C(O)CC1(C2CCC2)OCCc2c1[nH]c1c(Cl)ccc(C(F)(F)F)c21. The Morgan fingerprint density at radius 1 is 1.38 bits per heavy atom. The number of carbonyl (C=O) groups is 1. The zero-order valence-electron chi connectivity index (χ0n) is 13.8. The molecule has 0 amide bonds. The van der Waals surface area contributed by atoms with E-state index in [9.17, 15) is 23.1 Å². The van der Waals surface area contributed by atoms with Crippen molar-refractivity contribution < 1.29 is 27.8 Å². The molecule has 8 heteroatoms. The highest BCUT2D eigenvalue weighted by Crippen LogP contribution is 2.52. The van der Waals surface area contributed by atoms with Gasteiger partial charge < -0.3 is 14.8 Å². The molecule has 1 aromatic carbocycles. The van der Waals surface area contributed by atoms with Crippen molar-refractivity contribution in [3.05, 3.63) is 34.0 Å². The number of rotatable bonds is 3. The minimum Gasteiger partial charge on any atom is -0.481 e. The second kappa shape index (κ2) is 5.89. The Hall–Kier alpha value is -1.73. The maximum atomic E-state index is 13.6. The van der Waals surface area contributed by atoms with Crippen LogP contribution in [0.5, 0.6) is 0 Å². The van der Waals surface area contributed by atoms with E-state index in [1.165, 1.54) is 6.07 Å². The van der Waals surface area contributed by atoms with Gasteiger partial charge in [-0.2, -0.15) is 13.2 Å². The van der Waals surface area contributed by atoms with Crippen LogP contribution in [0.1, 0.15) is 42.5 Å². The first-order valence-electron chi connectivity index (χ1n) is 8.50. The van der Waals surface area contributed by atoms with Crippen molar-refractivity contribution in [1.82, 2.24) is 4.98 Å². The summed E-state index contributed by atoms with van der Waals surface area (Å²) in [6.07, 6.45) is -1.98. The largest absolute Gasteiger partial charge is 0.481 e. The van der Waals surface area contributed by atoms with Crippen molar-refractivity contribution in [3.8, 4) is 0 Å². The lowest BCUT2D eigenvalue weighted by molar-refractivity contribution is -0.162. The number of aromatic amines is 1. The Kier molecular flexibility index (Phi) is 4.00. The molecule has 1 aliphatic carbocycles. The van der Waals surface area contributed by atoms with Crippen LogP contribution < -0.4 is 0 Å². The number of alkyl halides is 3. The highest BCUT2D eigenvalue weighted by Gasteiger charge is 2.51. The molecule has 0 spiro atoms. The van der Waals surface area contributed by atoms with Crippen LogP contribution in [0.15, 0.2) is 12.1 Å². The minimum absolute atomic E-state index is 0.0289. The summed E-state index contributed by atoms with van der Waals surface area (Å²) >= 11 is 6.17. The number of carboxylic acid groups (broad SMARTS) is 1. The third kappa shape index (κ3) is 2.52. The second-order valence-electron chi connectivity index (χ2n) is 7.01. The van der Waals surface area contributed by atoms with E-state index in [-0.39, 0.29) is 41.3 Å². The maximum Gasteiger partial charge on any atom is 0.417 e. The van der Waals surface area contributed by atoms with Gasteiger partial charge in [0.25, 0.3) is 0 Å². The van der Waals surface area contributed by atoms with Gasteiger partial charge in [0.1, 0.15) is 5.60 Å². The van der Waals surface area contributed by atoms with Crippen molar-refractivity contribution in [2.75, 3.05) is 6.61 Å². The lowest BCUT2D eigenvalue weighted by Crippen LogP contribution is -2.46. The lowest BCUT2D eigenvalue weighted by atomic mass is 9.68. The van der Waals surface area contributed by atoms with E-state index >= 15 is 0 Å². The molecule has 0 bridgehead atoms. The van der Waals surface area contributed by atoms with Crippen LogP contribution in [-0.2, 0) is 27.7 Å². The molecule has 4 nitrogen and oxygen atoms in total. The molecule has 26 heavy (non-hydrogen) atoms. The van der Waals surface area contributed by atoms with Crippen LogP contribution in [0.2, 0.25) is 5.02 Å². The molecular formula is C18H17ClF3NO3. The molecule has 1 atom stereocenters. The summed E-state index contributed by atoms with van der Waals surface area (Å²) in [5.74, 6) is -1.07. The molecule has 2 heterocycles. The number of halogens is 4. The number of fused-ring (bicyclic) bond motifs is 3. The van der Waals surface area contributed by atoms with E-state index < -0.39 is 23.3 Å². The fraction of sp³-hybridized carbons (Fsp3) is 0.500. The van der Waals surface area contributed by atoms with Crippen molar-refractivity contribution in [2.24, 2.45) is 5.92 Å². The van der Waals surface area contributed by atoms with Gasteiger partial charge in [-0.3, -0.25) is 4.79 Å². The number of carboxylic acids is 1. The van der Waals surface area contributed by atoms with Crippen LogP contribution >= 0.6 is 11.6 Å². The number of nitrogens with one attached hydrogen (secondary N) is 1. The number of H-pyrrole nitrogens is 1. The van der Waals surface area contributed by atoms with E-state index in [0.29, 0.717) is 11.3 Å².